The van der Waals surface area contributed by atoms with Crippen molar-refractivity contribution < 1.29 is 21.8 Å². The minimum Gasteiger partial charge on any atom is -0.418 e. The summed E-state index contributed by atoms with van der Waals surface area (Å²) in [7, 11) is -6.00. The predicted molar refractivity (Wildman–Crippen MR) is 51.7 cm³/mol. The lowest BCUT2D eigenvalue weighted by molar-refractivity contribution is -0.702. The van der Waals surface area contributed by atoms with Crippen LogP contribution in [0, 0.1) is 5.92 Å². The van der Waals surface area contributed by atoms with E-state index in [0.29, 0.717) is 0 Å². The molecule has 1 aromatic heterocycles. The highest BCUT2D eigenvalue weighted by Gasteiger charge is 2.20. The summed E-state index contributed by atoms with van der Waals surface area (Å²) in [4.78, 5) is 0. The van der Waals surface area contributed by atoms with Gasteiger partial charge in [0.1, 0.15) is 0 Å². The molecule has 0 atom stereocenters. The molecule has 0 saturated carbocycles. The van der Waals surface area contributed by atoms with Crippen molar-refractivity contribution in [3.05, 3.63) is 30.6 Å². The summed E-state index contributed by atoms with van der Waals surface area (Å²) in [5.41, 5.74) is 0. The molecule has 1 heterocycles. The summed E-state index contributed by atoms with van der Waals surface area (Å²) in [6, 6.07) is 6.15. The summed E-state index contributed by atoms with van der Waals surface area (Å²) >= 11 is 0. The summed E-state index contributed by atoms with van der Waals surface area (Å²) in [6.45, 7) is 5.56. The van der Waals surface area contributed by atoms with Gasteiger partial charge >= 0.3 is 7.25 Å². The number of hydrogen-bond donors (Lipinski definition) is 0. The molecule has 0 radical (unpaired) electrons. The number of halogens is 4. The van der Waals surface area contributed by atoms with Crippen molar-refractivity contribution >= 4 is 7.25 Å². The Morgan fingerprint density at radius 1 is 1.00 bits per heavy atom. The lowest BCUT2D eigenvalue weighted by atomic mass is 10.2. The first-order valence-electron chi connectivity index (χ1n) is 4.60. The monoisotopic (exact) mass is 223 g/mol. The smallest absolute Gasteiger partial charge is 0.418 e. The average Bonchev–Trinajstić information content (AvgIpc) is 2.01. The Morgan fingerprint density at radius 2 is 1.40 bits per heavy atom. The molecule has 0 aromatic carbocycles. The van der Waals surface area contributed by atoms with Crippen LogP contribution < -0.4 is 4.57 Å². The Labute approximate surface area is 86.8 Å². The average molecular weight is 223 g/mol. The lowest BCUT2D eigenvalue weighted by Crippen LogP contribution is -2.34. The van der Waals surface area contributed by atoms with Crippen LogP contribution in [0.5, 0.6) is 0 Å². The Bertz CT molecular complexity index is 255. The van der Waals surface area contributed by atoms with E-state index in [1.54, 1.807) is 0 Å². The molecule has 0 amide bonds. The molecule has 1 aromatic rings. The molecular formula is C9H14BF4N. The van der Waals surface area contributed by atoms with Crippen LogP contribution >= 0.6 is 0 Å². The third kappa shape index (κ3) is 12.9. The molecule has 86 valence electrons. The van der Waals surface area contributed by atoms with E-state index >= 15 is 0 Å². The minimum atomic E-state index is -6.00. The maximum absolute atomic E-state index is 9.75. The molecule has 0 spiro atoms. The zero-order valence-corrected chi connectivity index (χ0v) is 8.71. The Hall–Kier alpha value is -1.07. The highest BCUT2D eigenvalue weighted by Crippen LogP contribution is 2.06. The molecule has 6 heteroatoms. The van der Waals surface area contributed by atoms with Gasteiger partial charge in [0.2, 0.25) is 0 Å². The zero-order chi connectivity index (χ0) is 11.9. The lowest BCUT2D eigenvalue weighted by Gasteiger charge is -1.97. The second kappa shape index (κ2) is 6.42. The maximum atomic E-state index is 9.75. The molecule has 0 aliphatic rings. The fourth-order valence-corrected chi connectivity index (χ4v) is 0.978. The number of hydrogen-bond acceptors (Lipinski definition) is 0. The Kier molecular flexibility index (Phi) is 5.97. The third-order valence-electron chi connectivity index (χ3n) is 1.35. The van der Waals surface area contributed by atoms with Crippen molar-refractivity contribution in [2.75, 3.05) is 0 Å². The van der Waals surface area contributed by atoms with E-state index in [1.807, 2.05) is 6.07 Å². The van der Waals surface area contributed by atoms with Crippen LogP contribution in [0.25, 0.3) is 0 Å². The van der Waals surface area contributed by atoms with Gasteiger partial charge in [0.05, 0.1) is 0 Å². The van der Waals surface area contributed by atoms with Gasteiger partial charge in [0.25, 0.3) is 0 Å². The van der Waals surface area contributed by atoms with Gasteiger partial charge in [-0.15, -0.1) is 0 Å². The van der Waals surface area contributed by atoms with Crippen LogP contribution in [-0.2, 0) is 6.54 Å². The number of nitrogens with zero attached hydrogens (tertiary/aromatic N) is 1. The molecule has 15 heavy (non-hydrogen) atoms. The van der Waals surface area contributed by atoms with Crippen LogP contribution in [0.3, 0.4) is 0 Å². The Morgan fingerprint density at radius 3 is 1.73 bits per heavy atom. The van der Waals surface area contributed by atoms with Gasteiger partial charge in [-0.05, 0) is 0 Å². The van der Waals surface area contributed by atoms with Gasteiger partial charge in [0, 0.05) is 18.1 Å². The summed E-state index contributed by atoms with van der Waals surface area (Å²) in [5.74, 6) is 0.729. The van der Waals surface area contributed by atoms with E-state index in [2.05, 4.69) is 42.9 Å². The molecule has 0 aliphatic heterocycles. The number of rotatable bonds is 2. The normalized spacial score (nSPS) is 10.9. The molecule has 1 rings (SSSR count). The molecule has 0 unspecified atom stereocenters. The first kappa shape index (κ1) is 13.9. The van der Waals surface area contributed by atoms with Gasteiger partial charge in [0.15, 0.2) is 18.9 Å². The largest absolute Gasteiger partial charge is 0.673 e. The first-order chi connectivity index (χ1) is 6.79. The van der Waals surface area contributed by atoms with E-state index in [1.165, 1.54) is 0 Å². The van der Waals surface area contributed by atoms with Gasteiger partial charge in [-0.1, -0.05) is 19.9 Å². The quantitative estimate of drug-likeness (QED) is 0.412. The zero-order valence-electron chi connectivity index (χ0n) is 8.71. The van der Waals surface area contributed by atoms with E-state index in [4.69, 9.17) is 0 Å². The SMILES string of the molecule is CC(C)C[n+]1ccccc1.F[B-](F)(F)F. The van der Waals surface area contributed by atoms with Crippen molar-refractivity contribution in [2.45, 2.75) is 20.4 Å². The second-order valence-electron chi connectivity index (χ2n) is 3.46. The molecular weight excluding hydrogens is 209 g/mol. The van der Waals surface area contributed by atoms with E-state index in [-0.39, 0.29) is 0 Å². The predicted octanol–water partition coefficient (Wildman–Crippen LogP) is 2.93. The topological polar surface area (TPSA) is 3.88 Å². The molecule has 1 nitrogen and oxygen atoms in total. The minimum absolute atomic E-state index is 0.729. The van der Waals surface area contributed by atoms with Gasteiger partial charge in [-0.25, -0.2) is 4.57 Å². The van der Waals surface area contributed by atoms with Crippen molar-refractivity contribution in [2.24, 2.45) is 5.92 Å². The van der Waals surface area contributed by atoms with Crippen LogP contribution in [0.2, 0.25) is 0 Å². The molecule has 0 N–H and O–H groups in total. The molecule has 0 saturated heterocycles. The van der Waals surface area contributed by atoms with E-state index in [0.717, 1.165) is 12.5 Å². The molecule has 0 bridgehead atoms. The van der Waals surface area contributed by atoms with Crippen molar-refractivity contribution in [3.8, 4) is 0 Å². The van der Waals surface area contributed by atoms with Crippen molar-refractivity contribution in [3.63, 3.8) is 0 Å². The summed E-state index contributed by atoms with van der Waals surface area (Å²) < 4.78 is 41.2. The summed E-state index contributed by atoms with van der Waals surface area (Å²) in [6.07, 6.45) is 4.19. The molecule has 0 fully saturated rings. The summed E-state index contributed by atoms with van der Waals surface area (Å²) in [5, 5.41) is 0. The highest BCUT2D eigenvalue weighted by atomic mass is 19.5. The van der Waals surface area contributed by atoms with Gasteiger partial charge in [-0.2, -0.15) is 0 Å². The highest BCUT2D eigenvalue weighted by molar-refractivity contribution is 6.50. The van der Waals surface area contributed by atoms with E-state index in [9.17, 15) is 17.3 Å². The van der Waals surface area contributed by atoms with Crippen molar-refractivity contribution in [1.29, 1.82) is 0 Å². The van der Waals surface area contributed by atoms with Crippen LogP contribution in [-0.4, -0.2) is 7.25 Å². The van der Waals surface area contributed by atoms with Gasteiger partial charge in [-0.3, -0.25) is 0 Å². The molecule has 0 aliphatic carbocycles. The second-order valence-corrected chi connectivity index (χ2v) is 3.46. The Balaban J connectivity index is 0.000000336. The van der Waals surface area contributed by atoms with E-state index < -0.39 is 7.25 Å². The third-order valence-corrected chi connectivity index (χ3v) is 1.35. The maximum Gasteiger partial charge on any atom is 0.673 e. The van der Waals surface area contributed by atoms with Crippen LogP contribution in [0.1, 0.15) is 13.8 Å². The van der Waals surface area contributed by atoms with Gasteiger partial charge < -0.3 is 17.3 Å². The fourth-order valence-electron chi connectivity index (χ4n) is 0.978. The van der Waals surface area contributed by atoms with Crippen LogP contribution in [0.4, 0.5) is 17.3 Å². The van der Waals surface area contributed by atoms with Crippen molar-refractivity contribution in [1.82, 2.24) is 0 Å². The standard InChI is InChI=1S/C9H14N.BF4/c1-9(2)8-10-6-4-3-5-7-10;2-1(3,4)5/h3-7,9H,8H2,1-2H3;/q+1;-1. The number of aromatic nitrogens is 1. The fraction of sp³-hybridized carbons (Fsp3) is 0.444. The van der Waals surface area contributed by atoms with Crippen LogP contribution in [0.15, 0.2) is 30.6 Å². The first-order valence-corrected chi connectivity index (χ1v) is 4.60. The number of pyridine rings is 1.